The maximum absolute atomic E-state index is 2.38. The van der Waals surface area contributed by atoms with Crippen molar-refractivity contribution in [2.24, 2.45) is 0 Å². The fourth-order valence-corrected chi connectivity index (χ4v) is 3.22. The van der Waals surface area contributed by atoms with Crippen molar-refractivity contribution in [1.29, 1.82) is 0 Å². The second kappa shape index (κ2) is 7.45. The standard InChI is InChI=1S/C18H20.C4H8/c1-4-13-8-9-15-7-6-12(3)16-11-10-14(5-2)17(13)18(15)16;1-3-4-2/h6-11,13H,4-5H2,1-3H3;3-4H,1-2H3. The zero-order valence-corrected chi connectivity index (χ0v) is 14.6. The Morgan fingerprint density at radius 3 is 2.32 bits per heavy atom. The molecule has 1 aliphatic carbocycles. The zero-order chi connectivity index (χ0) is 16.1. The van der Waals surface area contributed by atoms with Crippen molar-refractivity contribution in [3.8, 4) is 0 Å². The lowest BCUT2D eigenvalue weighted by Crippen LogP contribution is -2.05. The summed E-state index contributed by atoms with van der Waals surface area (Å²) >= 11 is 0. The zero-order valence-electron chi connectivity index (χ0n) is 14.6. The van der Waals surface area contributed by atoms with Gasteiger partial charge in [-0.25, -0.2) is 0 Å². The van der Waals surface area contributed by atoms with Crippen LogP contribution in [0.5, 0.6) is 0 Å². The van der Waals surface area contributed by atoms with Crippen LogP contribution in [0, 0.1) is 6.92 Å². The number of aryl methyl sites for hydroxylation is 2. The van der Waals surface area contributed by atoms with E-state index < -0.39 is 0 Å². The maximum atomic E-state index is 2.38. The molecule has 0 saturated carbocycles. The van der Waals surface area contributed by atoms with Gasteiger partial charge in [-0.05, 0) is 66.6 Å². The van der Waals surface area contributed by atoms with Crippen molar-refractivity contribution < 1.29 is 0 Å². The summed E-state index contributed by atoms with van der Waals surface area (Å²) in [5.41, 5.74) is 5.89. The molecule has 0 heterocycles. The normalized spacial score (nSPS) is 16.0. The number of hydrogen-bond acceptors (Lipinski definition) is 0. The van der Waals surface area contributed by atoms with E-state index in [2.05, 4.69) is 57.2 Å². The average Bonchev–Trinajstić information content (AvgIpc) is 2.58. The average molecular weight is 292 g/mol. The van der Waals surface area contributed by atoms with Crippen molar-refractivity contribution in [3.63, 3.8) is 0 Å². The summed E-state index contributed by atoms with van der Waals surface area (Å²) in [6.07, 6.45) is 11.0. The summed E-state index contributed by atoms with van der Waals surface area (Å²) in [4.78, 5) is 0. The van der Waals surface area contributed by atoms with Crippen LogP contribution >= 0.6 is 0 Å². The number of rotatable bonds is 2. The van der Waals surface area contributed by atoms with E-state index in [0.29, 0.717) is 5.92 Å². The van der Waals surface area contributed by atoms with Gasteiger partial charge in [0, 0.05) is 5.92 Å². The van der Waals surface area contributed by atoms with E-state index in [1.54, 1.807) is 5.56 Å². The summed E-state index contributed by atoms with van der Waals surface area (Å²) in [5.74, 6) is 0.595. The van der Waals surface area contributed by atoms with E-state index in [1.165, 1.54) is 33.9 Å². The fraction of sp³-hybridized carbons (Fsp3) is 0.364. The third-order valence-electron chi connectivity index (χ3n) is 4.60. The molecule has 0 heteroatoms. The fourth-order valence-electron chi connectivity index (χ4n) is 3.22. The van der Waals surface area contributed by atoms with Gasteiger partial charge in [0.25, 0.3) is 0 Å². The van der Waals surface area contributed by atoms with E-state index >= 15 is 0 Å². The van der Waals surface area contributed by atoms with E-state index in [4.69, 9.17) is 0 Å². The molecule has 0 nitrogen and oxygen atoms in total. The molecule has 0 amide bonds. The van der Waals surface area contributed by atoms with Gasteiger partial charge in [0.05, 0.1) is 0 Å². The highest BCUT2D eigenvalue weighted by Gasteiger charge is 2.19. The van der Waals surface area contributed by atoms with Gasteiger partial charge in [0.1, 0.15) is 0 Å². The van der Waals surface area contributed by atoms with Gasteiger partial charge in [-0.15, -0.1) is 0 Å². The summed E-state index contributed by atoms with van der Waals surface area (Å²) < 4.78 is 0. The molecule has 0 fully saturated rings. The summed E-state index contributed by atoms with van der Waals surface area (Å²) in [7, 11) is 0. The monoisotopic (exact) mass is 292 g/mol. The second-order valence-corrected chi connectivity index (χ2v) is 5.93. The largest absolute Gasteiger partial charge is 0.0919 e. The van der Waals surface area contributed by atoms with Crippen LogP contribution in [0.15, 0.2) is 42.5 Å². The van der Waals surface area contributed by atoms with Gasteiger partial charge in [-0.2, -0.15) is 0 Å². The van der Waals surface area contributed by atoms with Crippen LogP contribution in [0.2, 0.25) is 0 Å². The summed E-state index contributed by atoms with van der Waals surface area (Å²) in [5, 5.41) is 2.94. The molecule has 0 bridgehead atoms. The molecule has 0 radical (unpaired) electrons. The third-order valence-corrected chi connectivity index (χ3v) is 4.60. The lowest BCUT2D eigenvalue weighted by Gasteiger charge is -2.24. The molecule has 0 saturated heterocycles. The first-order chi connectivity index (χ1) is 10.7. The molecule has 0 N–H and O–H groups in total. The molecular weight excluding hydrogens is 264 g/mol. The van der Waals surface area contributed by atoms with Crippen molar-refractivity contribution >= 4 is 16.8 Å². The van der Waals surface area contributed by atoms with Crippen LogP contribution in [0.3, 0.4) is 0 Å². The molecule has 0 aromatic heterocycles. The predicted octanol–water partition coefficient (Wildman–Crippen LogP) is 6.81. The first kappa shape index (κ1) is 16.5. The Hall–Kier alpha value is -1.82. The Morgan fingerprint density at radius 2 is 1.73 bits per heavy atom. The Kier molecular flexibility index (Phi) is 5.60. The van der Waals surface area contributed by atoms with Gasteiger partial charge in [-0.3, -0.25) is 0 Å². The molecule has 3 rings (SSSR count). The van der Waals surface area contributed by atoms with Crippen molar-refractivity contribution in [2.75, 3.05) is 0 Å². The minimum Gasteiger partial charge on any atom is -0.0919 e. The molecule has 22 heavy (non-hydrogen) atoms. The van der Waals surface area contributed by atoms with Crippen LogP contribution < -0.4 is 0 Å². The highest BCUT2D eigenvalue weighted by molar-refractivity contribution is 5.98. The highest BCUT2D eigenvalue weighted by Crippen LogP contribution is 2.39. The lowest BCUT2D eigenvalue weighted by atomic mass is 9.80. The molecular formula is C22H28. The Labute approximate surface area is 135 Å². The quantitative estimate of drug-likeness (QED) is 0.533. The lowest BCUT2D eigenvalue weighted by molar-refractivity contribution is 0.799. The minimum absolute atomic E-state index is 0.595. The first-order valence-corrected chi connectivity index (χ1v) is 8.48. The van der Waals surface area contributed by atoms with Gasteiger partial charge < -0.3 is 0 Å². The number of hydrogen-bond donors (Lipinski definition) is 0. The molecule has 1 aliphatic rings. The second-order valence-electron chi connectivity index (χ2n) is 5.93. The molecule has 0 spiro atoms. The topological polar surface area (TPSA) is 0 Å². The number of benzene rings is 2. The van der Waals surface area contributed by atoms with Gasteiger partial charge >= 0.3 is 0 Å². The smallest absolute Gasteiger partial charge is 0.00277 e. The van der Waals surface area contributed by atoms with Gasteiger partial charge in [0.15, 0.2) is 0 Å². The first-order valence-electron chi connectivity index (χ1n) is 8.48. The van der Waals surface area contributed by atoms with E-state index in [1.807, 2.05) is 26.0 Å². The van der Waals surface area contributed by atoms with Crippen LogP contribution in [-0.4, -0.2) is 0 Å². The third kappa shape index (κ3) is 3.02. The van der Waals surface area contributed by atoms with Crippen LogP contribution in [0.1, 0.15) is 62.3 Å². The molecule has 2 aromatic carbocycles. The Bertz CT molecular complexity index is 698. The molecule has 1 unspecified atom stereocenters. The van der Waals surface area contributed by atoms with Crippen LogP contribution in [-0.2, 0) is 6.42 Å². The molecule has 2 aromatic rings. The molecule has 0 aliphatic heterocycles. The highest BCUT2D eigenvalue weighted by atomic mass is 14.2. The SMILES string of the molecule is CC=CC.CCc1ccc2c(C)ccc3c2c1C(CC)C=C3. The maximum Gasteiger partial charge on any atom is 0.00277 e. The van der Waals surface area contributed by atoms with Gasteiger partial charge in [-0.1, -0.05) is 62.4 Å². The Balaban J connectivity index is 0.000000396. The number of allylic oxidation sites excluding steroid dienone is 3. The van der Waals surface area contributed by atoms with Crippen LogP contribution in [0.4, 0.5) is 0 Å². The van der Waals surface area contributed by atoms with E-state index in [0.717, 1.165) is 6.42 Å². The Morgan fingerprint density at radius 1 is 1.00 bits per heavy atom. The van der Waals surface area contributed by atoms with Gasteiger partial charge in [0.2, 0.25) is 0 Å². The molecule has 1 atom stereocenters. The van der Waals surface area contributed by atoms with E-state index in [-0.39, 0.29) is 0 Å². The van der Waals surface area contributed by atoms with Crippen molar-refractivity contribution in [1.82, 2.24) is 0 Å². The van der Waals surface area contributed by atoms with Crippen molar-refractivity contribution in [2.45, 2.75) is 53.4 Å². The predicted molar refractivity (Wildman–Crippen MR) is 101 cm³/mol. The van der Waals surface area contributed by atoms with Crippen LogP contribution in [0.25, 0.3) is 16.8 Å². The van der Waals surface area contributed by atoms with E-state index in [9.17, 15) is 0 Å². The summed E-state index contributed by atoms with van der Waals surface area (Å²) in [6, 6.07) is 9.14. The minimum atomic E-state index is 0.595. The molecule has 116 valence electrons. The van der Waals surface area contributed by atoms with Crippen molar-refractivity contribution in [3.05, 3.63) is 64.7 Å². The summed E-state index contributed by atoms with van der Waals surface area (Å²) in [6.45, 7) is 10.8.